The van der Waals surface area contributed by atoms with Crippen molar-refractivity contribution in [2.75, 3.05) is 0 Å². The van der Waals surface area contributed by atoms with Crippen LogP contribution < -0.4 is 0 Å². The van der Waals surface area contributed by atoms with Crippen molar-refractivity contribution < 1.29 is 4.52 Å². The highest BCUT2D eigenvalue weighted by Crippen LogP contribution is 2.31. The molecule has 0 radical (unpaired) electrons. The van der Waals surface area contributed by atoms with Gasteiger partial charge in [0.25, 0.3) is 0 Å². The van der Waals surface area contributed by atoms with Crippen LogP contribution in [0.5, 0.6) is 0 Å². The third-order valence-electron chi connectivity index (χ3n) is 2.28. The van der Waals surface area contributed by atoms with Crippen LogP contribution in [-0.4, -0.2) is 14.7 Å². The first-order valence-corrected chi connectivity index (χ1v) is 6.18. The van der Waals surface area contributed by atoms with Gasteiger partial charge < -0.3 is 9.09 Å². The highest BCUT2D eigenvalue weighted by Gasteiger charge is 2.09. The number of nitrogens with zero attached hydrogens (tertiary/aromatic N) is 3. The third-order valence-corrected chi connectivity index (χ3v) is 3.52. The molecule has 3 aromatic heterocycles. The van der Waals surface area contributed by atoms with E-state index in [4.69, 9.17) is 16.1 Å². The van der Waals surface area contributed by atoms with Crippen molar-refractivity contribution >= 4 is 22.9 Å². The average molecular weight is 266 g/mol. The Morgan fingerprint density at radius 2 is 2.35 bits per heavy atom. The molecule has 86 valence electrons. The quantitative estimate of drug-likeness (QED) is 0.730. The number of halogens is 1. The Morgan fingerprint density at radius 3 is 3.06 bits per heavy atom. The average Bonchev–Trinajstić information content (AvgIpc) is 2.99. The van der Waals surface area contributed by atoms with Gasteiger partial charge in [0.2, 0.25) is 0 Å². The lowest BCUT2D eigenvalue weighted by molar-refractivity contribution is 0.422. The van der Waals surface area contributed by atoms with Crippen LogP contribution in [0.2, 0.25) is 4.34 Å². The van der Waals surface area contributed by atoms with E-state index in [-0.39, 0.29) is 0 Å². The summed E-state index contributed by atoms with van der Waals surface area (Å²) in [4.78, 5) is 4.96. The van der Waals surface area contributed by atoms with Crippen molar-refractivity contribution in [2.45, 2.75) is 6.54 Å². The maximum Gasteiger partial charge on any atom is 0.177 e. The Labute approximate surface area is 106 Å². The number of imidazole rings is 1. The number of aromatic nitrogens is 3. The van der Waals surface area contributed by atoms with Gasteiger partial charge in [-0.15, -0.1) is 11.3 Å². The van der Waals surface area contributed by atoms with Crippen molar-refractivity contribution in [1.29, 1.82) is 0 Å². The minimum absolute atomic E-state index is 0.655. The standard InChI is InChI=1S/C11H8ClN3OS/c12-11-2-1-10(17-11)9-5-8(14-16-9)6-15-4-3-13-7-15/h1-5,7H,6H2. The summed E-state index contributed by atoms with van der Waals surface area (Å²) in [5.41, 5.74) is 0.863. The fourth-order valence-electron chi connectivity index (χ4n) is 1.52. The third kappa shape index (κ3) is 2.25. The van der Waals surface area contributed by atoms with Crippen LogP contribution in [0.1, 0.15) is 5.69 Å². The van der Waals surface area contributed by atoms with Gasteiger partial charge in [-0.2, -0.15) is 0 Å². The summed E-state index contributed by atoms with van der Waals surface area (Å²) >= 11 is 7.35. The summed E-state index contributed by atoms with van der Waals surface area (Å²) in [6, 6.07) is 5.69. The molecule has 0 fully saturated rings. The Hall–Kier alpha value is -1.59. The van der Waals surface area contributed by atoms with E-state index in [9.17, 15) is 0 Å². The molecule has 0 aliphatic rings. The Bertz CT molecular complexity index is 614. The van der Waals surface area contributed by atoms with E-state index in [1.54, 1.807) is 12.5 Å². The second-order valence-corrected chi connectivity index (χ2v) is 5.24. The second kappa shape index (κ2) is 4.35. The summed E-state index contributed by atoms with van der Waals surface area (Å²) in [6.45, 7) is 0.655. The molecule has 0 amide bonds. The molecule has 0 saturated carbocycles. The van der Waals surface area contributed by atoms with E-state index >= 15 is 0 Å². The lowest BCUT2D eigenvalue weighted by Gasteiger charge is -1.94. The van der Waals surface area contributed by atoms with E-state index in [1.807, 2.05) is 29.0 Å². The highest BCUT2D eigenvalue weighted by atomic mass is 35.5. The van der Waals surface area contributed by atoms with Crippen molar-refractivity contribution in [2.24, 2.45) is 0 Å². The maximum absolute atomic E-state index is 5.88. The monoisotopic (exact) mass is 265 g/mol. The van der Waals surface area contributed by atoms with Gasteiger partial charge in [-0.1, -0.05) is 16.8 Å². The molecule has 0 aliphatic heterocycles. The van der Waals surface area contributed by atoms with Gasteiger partial charge in [-0.25, -0.2) is 4.98 Å². The highest BCUT2D eigenvalue weighted by molar-refractivity contribution is 7.19. The first kappa shape index (κ1) is 10.6. The summed E-state index contributed by atoms with van der Waals surface area (Å²) in [5, 5.41) is 4.02. The molecule has 0 aromatic carbocycles. The molecule has 0 N–H and O–H groups in total. The molecule has 0 bridgehead atoms. The van der Waals surface area contributed by atoms with Crippen LogP contribution in [0.4, 0.5) is 0 Å². The Balaban J connectivity index is 1.83. The molecular formula is C11H8ClN3OS. The van der Waals surface area contributed by atoms with Crippen molar-refractivity contribution in [1.82, 2.24) is 14.7 Å². The predicted octanol–water partition coefficient (Wildman–Crippen LogP) is 3.30. The topological polar surface area (TPSA) is 43.9 Å². The number of hydrogen-bond acceptors (Lipinski definition) is 4. The zero-order valence-corrected chi connectivity index (χ0v) is 10.3. The van der Waals surface area contributed by atoms with Crippen LogP contribution in [0, 0.1) is 0 Å². The molecule has 3 rings (SSSR count). The summed E-state index contributed by atoms with van der Waals surface area (Å²) in [5.74, 6) is 0.747. The Morgan fingerprint density at radius 1 is 1.41 bits per heavy atom. The molecule has 4 nitrogen and oxygen atoms in total. The smallest absolute Gasteiger partial charge is 0.177 e. The van der Waals surface area contributed by atoms with Gasteiger partial charge in [-0.3, -0.25) is 0 Å². The molecule has 0 unspecified atom stereocenters. The fourth-order valence-corrected chi connectivity index (χ4v) is 2.51. The van der Waals surface area contributed by atoms with Gasteiger partial charge in [-0.05, 0) is 12.1 Å². The van der Waals surface area contributed by atoms with Crippen LogP contribution in [0.25, 0.3) is 10.6 Å². The minimum atomic E-state index is 0.655. The molecular weight excluding hydrogens is 258 g/mol. The second-order valence-electron chi connectivity index (χ2n) is 3.52. The van der Waals surface area contributed by atoms with Gasteiger partial charge >= 0.3 is 0 Å². The van der Waals surface area contributed by atoms with Crippen molar-refractivity contribution in [3.8, 4) is 10.6 Å². The summed E-state index contributed by atoms with van der Waals surface area (Å²) in [7, 11) is 0. The largest absolute Gasteiger partial charge is 0.355 e. The molecule has 3 aromatic rings. The van der Waals surface area contributed by atoms with E-state index in [2.05, 4.69) is 10.1 Å². The van der Waals surface area contributed by atoms with Gasteiger partial charge in [0.1, 0.15) is 5.69 Å². The molecule has 0 aliphatic carbocycles. The van der Waals surface area contributed by atoms with Gasteiger partial charge in [0, 0.05) is 18.5 Å². The lowest BCUT2D eigenvalue weighted by atomic mass is 10.3. The van der Waals surface area contributed by atoms with E-state index in [1.165, 1.54) is 11.3 Å². The Kier molecular flexibility index (Phi) is 2.70. The van der Waals surface area contributed by atoms with Crippen molar-refractivity contribution in [3.63, 3.8) is 0 Å². The molecule has 0 atom stereocenters. The molecule has 17 heavy (non-hydrogen) atoms. The fraction of sp³-hybridized carbons (Fsp3) is 0.0909. The molecule has 6 heteroatoms. The number of hydrogen-bond donors (Lipinski definition) is 0. The normalized spacial score (nSPS) is 10.9. The molecule has 3 heterocycles. The molecule has 0 spiro atoms. The zero-order chi connectivity index (χ0) is 11.7. The SMILES string of the molecule is Clc1ccc(-c2cc(Cn3ccnc3)no2)s1. The van der Waals surface area contributed by atoms with Crippen molar-refractivity contribution in [3.05, 3.63) is 47.0 Å². The summed E-state index contributed by atoms with van der Waals surface area (Å²) in [6.07, 6.45) is 5.37. The van der Waals surface area contributed by atoms with E-state index in [0.717, 1.165) is 20.7 Å². The first-order chi connectivity index (χ1) is 8.31. The minimum Gasteiger partial charge on any atom is -0.355 e. The van der Waals surface area contributed by atoms with E-state index in [0.29, 0.717) is 6.54 Å². The van der Waals surface area contributed by atoms with E-state index < -0.39 is 0 Å². The zero-order valence-electron chi connectivity index (χ0n) is 8.71. The van der Waals surface area contributed by atoms with Crippen LogP contribution in [-0.2, 0) is 6.54 Å². The summed E-state index contributed by atoms with van der Waals surface area (Å²) < 4.78 is 7.96. The number of rotatable bonds is 3. The van der Waals surface area contributed by atoms with Gasteiger partial charge in [0.05, 0.1) is 22.1 Å². The maximum atomic E-state index is 5.88. The van der Waals surface area contributed by atoms with Crippen LogP contribution >= 0.6 is 22.9 Å². The first-order valence-electron chi connectivity index (χ1n) is 4.98. The van der Waals surface area contributed by atoms with Gasteiger partial charge in [0.15, 0.2) is 5.76 Å². The van der Waals surface area contributed by atoms with Crippen LogP contribution in [0.15, 0.2) is 41.4 Å². The van der Waals surface area contributed by atoms with Crippen LogP contribution in [0.3, 0.4) is 0 Å². The predicted molar refractivity (Wildman–Crippen MR) is 66.2 cm³/mol. The lowest BCUT2D eigenvalue weighted by Crippen LogP contribution is -1.95. The number of thiophene rings is 1. The molecule has 0 saturated heterocycles.